The number of hydrogen-bond acceptors (Lipinski definition) is 4. The second-order valence-electron chi connectivity index (χ2n) is 4.06. The number of methoxy groups -OCH3 is 1. The Balaban J connectivity index is 2.19. The molecular formula is C11H16N4O. The van der Waals surface area contributed by atoms with Crippen LogP contribution in [0.4, 0.5) is 5.82 Å². The molecule has 0 aromatic carbocycles. The fourth-order valence-electron chi connectivity index (χ4n) is 1.73. The lowest BCUT2D eigenvalue weighted by Crippen LogP contribution is -2.07. The van der Waals surface area contributed by atoms with E-state index in [-0.39, 0.29) is 0 Å². The molecule has 2 aromatic heterocycles. The number of ether oxygens (including phenoxy) is 1. The summed E-state index contributed by atoms with van der Waals surface area (Å²) in [5.41, 5.74) is 7.20. The number of fused-ring (bicyclic) bond motifs is 1. The molecule has 0 bridgehead atoms. The van der Waals surface area contributed by atoms with Gasteiger partial charge in [0.15, 0.2) is 5.65 Å². The lowest BCUT2D eigenvalue weighted by molar-refractivity contribution is 0.159. The summed E-state index contributed by atoms with van der Waals surface area (Å²) in [7, 11) is 1.71. The average Bonchev–Trinajstić information content (AvgIpc) is 2.59. The van der Waals surface area contributed by atoms with E-state index in [0.29, 0.717) is 17.4 Å². The van der Waals surface area contributed by atoms with Crippen molar-refractivity contribution in [3.05, 3.63) is 18.0 Å². The van der Waals surface area contributed by atoms with Crippen molar-refractivity contribution in [3.8, 4) is 0 Å². The number of nitrogens with one attached hydrogen (secondary N) is 1. The summed E-state index contributed by atoms with van der Waals surface area (Å²) < 4.78 is 5.09. The fourth-order valence-corrected chi connectivity index (χ4v) is 1.73. The predicted octanol–water partition coefficient (Wildman–Crippen LogP) is 1.37. The molecule has 86 valence electrons. The van der Waals surface area contributed by atoms with Crippen molar-refractivity contribution in [1.29, 1.82) is 0 Å². The zero-order chi connectivity index (χ0) is 11.5. The molecule has 1 atom stereocenters. The van der Waals surface area contributed by atoms with E-state index in [1.807, 2.05) is 6.07 Å². The molecule has 0 radical (unpaired) electrons. The molecule has 16 heavy (non-hydrogen) atoms. The van der Waals surface area contributed by atoms with Crippen LogP contribution in [0.25, 0.3) is 11.2 Å². The number of imidazole rings is 1. The van der Waals surface area contributed by atoms with Crippen LogP contribution >= 0.6 is 0 Å². The summed E-state index contributed by atoms with van der Waals surface area (Å²) in [5.74, 6) is 1.86. The monoisotopic (exact) mass is 220 g/mol. The van der Waals surface area contributed by atoms with E-state index in [1.54, 1.807) is 13.2 Å². The van der Waals surface area contributed by atoms with Crippen LogP contribution < -0.4 is 5.73 Å². The second-order valence-corrected chi connectivity index (χ2v) is 4.06. The van der Waals surface area contributed by atoms with E-state index >= 15 is 0 Å². The third-order valence-electron chi connectivity index (χ3n) is 2.41. The van der Waals surface area contributed by atoms with Gasteiger partial charge in [-0.05, 0) is 18.1 Å². The topological polar surface area (TPSA) is 76.8 Å². The van der Waals surface area contributed by atoms with Gasteiger partial charge in [0.1, 0.15) is 11.6 Å². The zero-order valence-corrected chi connectivity index (χ0v) is 9.53. The highest BCUT2D eigenvalue weighted by Crippen LogP contribution is 2.13. The first-order chi connectivity index (χ1) is 7.69. The van der Waals surface area contributed by atoms with Crippen molar-refractivity contribution < 1.29 is 4.74 Å². The van der Waals surface area contributed by atoms with Crippen LogP contribution in [-0.4, -0.2) is 28.7 Å². The van der Waals surface area contributed by atoms with Crippen LogP contribution in [-0.2, 0) is 11.2 Å². The maximum absolute atomic E-state index is 5.60. The van der Waals surface area contributed by atoms with Crippen molar-refractivity contribution in [1.82, 2.24) is 15.0 Å². The molecule has 0 fully saturated rings. The summed E-state index contributed by atoms with van der Waals surface area (Å²) in [6, 6.07) is 3.66. The number of anilines is 1. The summed E-state index contributed by atoms with van der Waals surface area (Å²) in [6.07, 6.45) is 0.851. The van der Waals surface area contributed by atoms with E-state index in [1.165, 1.54) is 0 Å². The highest BCUT2D eigenvalue weighted by atomic mass is 16.5. The summed E-state index contributed by atoms with van der Waals surface area (Å²) in [5, 5.41) is 0. The molecule has 3 N–H and O–H groups in total. The molecule has 0 aliphatic carbocycles. The van der Waals surface area contributed by atoms with Crippen LogP contribution in [0.15, 0.2) is 12.1 Å². The molecule has 0 spiro atoms. The maximum Gasteiger partial charge on any atom is 0.179 e. The first kappa shape index (κ1) is 10.9. The molecule has 5 nitrogen and oxygen atoms in total. The minimum absolute atomic E-state index is 0.433. The Morgan fingerprint density at radius 1 is 1.44 bits per heavy atom. The fraction of sp³-hybridized carbons (Fsp3) is 0.455. The third-order valence-corrected chi connectivity index (χ3v) is 2.41. The Hall–Kier alpha value is -1.62. The Labute approximate surface area is 94.0 Å². The molecule has 0 saturated heterocycles. The molecule has 2 heterocycles. The number of aromatic nitrogens is 3. The summed E-state index contributed by atoms with van der Waals surface area (Å²) >= 11 is 0. The van der Waals surface area contributed by atoms with Gasteiger partial charge in [-0.2, -0.15) is 0 Å². The van der Waals surface area contributed by atoms with Gasteiger partial charge in [0.2, 0.25) is 0 Å². The Morgan fingerprint density at radius 2 is 2.25 bits per heavy atom. The largest absolute Gasteiger partial charge is 0.384 e. The molecule has 2 rings (SSSR count). The SMILES string of the molecule is COCC(C)Cc1nc2nc(N)ccc2[nH]1. The van der Waals surface area contributed by atoms with Crippen molar-refractivity contribution >= 4 is 17.0 Å². The standard InChI is InChI=1S/C11H16N4O/c1-7(6-16-2)5-10-13-8-3-4-9(12)14-11(8)15-10/h3-4,7H,5-6H2,1-2H3,(H3,12,13,14,15). The van der Waals surface area contributed by atoms with E-state index < -0.39 is 0 Å². The zero-order valence-electron chi connectivity index (χ0n) is 9.53. The molecule has 0 aliphatic heterocycles. The highest BCUT2D eigenvalue weighted by molar-refractivity contribution is 5.72. The van der Waals surface area contributed by atoms with Gasteiger partial charge >= 0.3 is 0 Å². The molecule has 0 saturated carbocycles. The molecule has 2 aromatic rings. The molecule has 1 unspecified atom stereocenters. The van der Waals surface area contributed by atoms with E-state index in [9.17, 15) is 0 Å². The van der Waals surface area contributed by atoms with Gasteiger partial charge in [-0.25, -0.2) is 9.97 Å². The second kappa shape index (κ2) is 4.49. The molecule has 0 amide bonds. The van der Waals surface area contributed by atoms with Gasteiger partial charge in [0.05, 0.1) is 5.52 Å². The Morgan fingerprint density at radius 3 is 3.00 bits per heavy atom. The summed E-state index contributed by atoms with van der Waals surface area (Å²) in [4.78, 5) is 11.8. The number of rotatable bonds is 4. The smallest absolute Gasteiger partial charge is 0.179 e. The third kappa shape index (κ3) is 2.30. The van der Waals surface area contributed by atoms with E-state index in [2.05, 4.69) is 21.9 Å². The van der Waals surface area contributed by atoms with Gasteiger partial charge in [-0.3, -0.25) is 0 Å². The van der Waals surface area contributed by atoms with E-state index in [0.717, 1.165) is 24.4 Å². The van der Waals surface area contributed by atoms with Crippen molar-refractivity contribution in [2.24, 2.45) is 5.92 Å². The number of pyridine rings is 1. The van der Waals surface area contributed by atoms with Crippen LogP contribution in [0.1, 0.15) is 12.7 Å². The quantitative estimate of drug-likeness (QED) is 0.815. The van der Waals surface area contributed by atoms with Crippen molar-refractivity contribution in [2.75, 3.05) is 19.5 Å². The van der Waals surface area contributed by atoms with E-state index in [4.69, 9.17) is 10.5 Å². The van der Waals surface area contributed by atoms with Gasteiger partial charge in [0.25, 0.3) is 0 Å². The molecule has 5 heteroatoms. The number of aromatic amines is 1. The number of nitrogens with two attached hydrogens (primary N) is 1. The first-order valence-corrected chi connectivity index (χ1v) is 5.29. The average molecular weight is 220 g/mol. The van der Waals surface area contributed by atoms with Gasteiger partial charge in [0, 0.05) is 20.1 Å². The summed E-state index contributed by atoms with van der Waals surface area (Å²) in [6.45, 7) is 2.85. The number of hydrogen-bond donors (Lipinski definition) is 2. The maximum atomic E-state index is 5.60. The van der Waals surface area contributed by atoms with Gasteiger partial charge < -0.3 is 15.5 Å². The lowest BCUT2D eigenvalue weighted by Gasteiger charge is -2.06. The molecule has 0 aliphatic rings. The lowest BCUT2D eigenvalue weighted by atomic mass is 10.1. The number of H-pyrrole nitrogens is 1. The van der Waals surface area contributed by atoms with Crippen LogP contribution in [0, 0.1) is 5.92 Å². The number of nitrogen functional groups attached to an aromatic ring is 1. The Bertz CT molecular complexity index is 480. The van der Waals surface area contributed by atoms with Crippen LogP contribution in [0.3, 0.4) is 0 Å². The van der Waals surface area contributed by atoms with Gasteiger partial charge in [-0.1, -0.05) is 6.92 Å². The highest BCUT2D eigenvalue weighted by Gasteiger charge is 2.08. The Kier molecular flexibility index (Phi) is 3.05. The van der Waals surface area contributed by atoms with Gasteiger partial charge in [-0.15, -0.1) is 0 Å². The first-order valence-electron chi connectivity index (χ1n) is 5.29. The number of nitrogens with zero attached hydrogens (tertiary/aromatic N) is 2. The predicted molar refractivity (Wildman–Crippen MR) is 63.0 cm³/mol. The van der Waals surface area contributed by atoms with Crippen molar-refractivity contribution in [3.63, 3.8) is 0 Å². The minimum atomic E-state index is 0.433. The van der Waals surface area contributed by atoms with Crippen LogP contribution in [0.5, 0.6) is 0 Å². The molecular weight excluding hydrogens is 204 g/mol. The minimum Gasteiger partial charge on any atom is -0.384 e. The van der Waals surface area contributed by atoms with Crippen LogP contribution in [0.2, 0.25) is 0 Å². The normalized spacial score (nSPS) is 13.1. The van der Waals surface area contributed by atoms with Crippen molar-refractivity contribution in [2.45, 2.75) is 13.3 Å².